The van der Waals surface area contributed by atoms with E-state index < -0.39 is 34.7 Å². The fourth-order valence-corrected chi connectivity index (χ4v) is 6.88. The van der Waals surface area contributed by atoms with Crippen LogP contribution < -0.4 is 5.32 Å². The summed E-state index contributed by atoms with van der Waals surface area (Å²) in [6.07, 6.45) is -4.51. The van der Waals surface area contributed by atoms with Crippen LogP contribution in [-0.2, 0) is 22.1 Å². The molecule has 4 aromatic carbocycles. The molecule has 268 valence electrons. The van der Waals surface area contributed by atoms with Crippen LogP contribution in [0.2, 0.25) is 0 Å². The standard InChI is InChI=1S/C40H37F3N4O5/c41-40(42,43)35-24-34(13-12-32(35)26-44)45-38(50)39(51,33-14-16-46(17-15-33)36(48)28-7-2-1-3-8-28)25-27-6-4-9-29(22-27)30-10-5-11-31(23-30)37(49)47-18-20-52-21-19-47/h1-13,22-24,33,51H,14-21,25H2,(H,45,50). The van der Waals surface area contributed by atoms with Gasteiger partial charge in [0.15, 0.2) is 0 Å². The van der Waals surface area contributed by atoms with Crippen molar-refractivity contribution >= 4 is 23.4 Å². The van der Waals surface area contributed by atoms with Crippen molar-refractivity contribution in [3.8, 4) is 17.2 Å². The Bertz CT molecular complexity index is 1980. The predicted molar refractivity (Wildman–Crippen MR) is 187 cm³/mol. The van der Waals surface area contributed by atoms with E-state index in [2.05, 4.69) is 5.32 Å². The second kappa shape index (κ2) is 15.4. The Hall–Kier alpha value is -5.51. The molecule has 4 aromatic rings. The van der Waals surface area contributed by atoms with Gasteiger partial charge in [-0.1, -0.05) is 54.6 Å². The predicted octanol–water partition coefficient (Wildman–Crippen LogP) is 6.18. The molecule has 0 aromatic heterocycles. The van der Waals surface area contributed by atoms with Gasteiger partial charge in [-0.05, 0) is 72.0 Å². The number of halogens is 3. The normalized spacial score (nSPS) is 16.4. The number of carbonyl (C=O) groups is 3. The van der Waals surface area contributed by atoms with Crippen LogP contribution in [-0.4, -0.2) is 77.6 Å². The maximum absolute atomic E-state index is 14.1. The fourth-order valence-electron chi connectivity index (χ4n) is 6.88. The van der Waals surface area contributed by atoms with Crippen molar-refractivity contribution in [2.45, 2.75) is 31.0 Å². The summed E-state index contributed by atoms with van der Waals surface area (Å²) in [4.78, 5) is 43.8. The van der Waals surface area contributed by atoms with Crippen LogP contribution in [0.25, 0.3) is 11.1 Å². The monoisotopic (exact) mass is 710 g/mol. The number of morpholine rings is 1. The van der Waals surface area contributed by atoms with E-state index in [-0.39, 0.29) is 49.9 Å². The number of hydrogen-bond acceptors (Lipinski definition) is 6. The molecule has 2 heterocycles. The van der Waals surface area contributed by atoms with Gasteiger partial charge in [0.25, 0.3) is 17.7 Å². The number of amides is 3. The average molecular weight is 711 g/mol. The molecule has 52 heavy (non-hydrogen) atoms. The average Bonchev–Trinajstić information content (AvgIpc) is 3.17. The van der Waals surface area contributed by atoms with Crippen LogP contribution in [0, 0.1) is 17.2 Å². The van der Waals surface area contributed by atoms with Gasteiger partial charge in [0.05, 0.1) is 30.4 Å². The highest BCUT2D eigenvalue weighted by atomic mass is 19.4. The van der Waals surface area contributed by atoms with Gasteiger partial charge in [-0.3, -0.25) is 14.4 Å². The Morgan fingerprint density at radius 3 is 2.08 bits per heavy atom. The third-order valence-corrected chi connectivity index (χ3v) is 9.72. The van der Waals surface area contributed by atoms with Crippen LogP contribution in [0.3, 0.4) is 0 Å². The molecule has 6 rings (SSSR count). The first kappa shape index (κ1) is 36.3. The second-order valence-electron chi connectivity index (χ2n) is 13.0. The molecule has 3 amide bonds. The molecule has 12 heteroatoms. The van der Waals surface area contributed by atoms with Crippen LogP contribution in [0.4, 0.5) is 18.9 Å². The number of rotatable bonds is 8. The number of alkyl halides is 3. The first-order valence-electron chi connectivity index (χ1n) is 17.0. The summed E-state index contributed by atoms with van der Waals surface area (Å²) in [7, 11) is 0. The molecule has 2 saturated heterocycles. The summed E-state index contributed by atoms with van der Waals surface area (Å²) in [6, 6.07) is 27.5. The topological polar surface area (TPSA) is 123 Å². The Kier molecular flexibility index (Phi) is 10.7. The molecule has 0 radical (unpaired) electrons. The zero-order chi connectivity index (χ0) is 36.9. The zero-order valence-corrected chi connectivity index (χ0v) is 28.2. The molecular formula is C40H37F3N4O5. The summed E-state index contributed by atoms with van der Waals surface area (Å²) in [5, 5.41) is 24.1. The third-order valence-electron chi connectivity index (χ3n) is 9.72. The molecule has 2 fully saturated rings. The van der Waals surface area contributed by atoms with Crippen LogP contribution in [0.5, 0.6) is 0 Å². The van der Waals surface area contributed by atoms with Gasteiger partial charge >= 0.3 is 6.18 Å². The number of nitrogens with one attached hydrogen (secondary N) is 1. The van der Waals surface area contributed by atoms with E-state index in [9.17, 15) is 37.9 Å². The smallest absolute Gasteiger partial charge is 0.379 e. The number of piperidine rings is 1. The highest BCUT2D eigenvalue weighted by molar-refractivity contribution is 5.98. The van der Waals surface area contributed by atoms with E-state index >= 15 is 0 Å². The molecule has 0 aliphatic carbocycles. The molecule has 2 aliphatic heterocycles. The molecule has 9 nitrogen and oxygen atoms in total. The lowest BCUT2D eigenvalue weighted by Gasteiger charge is -2.40. The maximum atomic E-state index is 14.1. The summed E-state index contributed by atoms with van der Waals surface area (Å²) in [5.41, 5.74) is -1.02. The van der Waals surface area contributed by atoms with Crippen LogP contribution >= 0.6 is 0 Å². The van der Waals surface area contributed by atoms with Gasteiger partial charge in [0.1, 0.15) is 5.60 Å². The van der Waals surface area contributed by atoms with Gasteiger partial charge < -0.3 is 25.0 Å². The Balaban J connectivity index is 1.28. The van der Waals surface area contributed by atoms with Crippen molar-refractivity contribution in [1.82, 2.24) is 9.80 Å². The molecule has 2 aliphatic rings. The number of carbonyl (C=O) groups excluding carboxylic acids is 3. The van der Waals surface area contributed by atoms with E-state index in [0.717, 1.165) is 17.2 Å². The minimum absolute atomic E-state index is 0.110. The lowest BCUT2D eigenvalue weighted by Crippen LogP contribution is -2.54. The molecule has 0 spiro atoms. The lowest BCUT2D eigenvalue weighted by atomic mass is 9.75. The molecular weight excluding hydrogens is 673 g/mol. The van der Waals surface area contributed by atoms with E-state index in [0.29, 0.717) is 49.1 Å². The zero-order valence-electron chi connectivity index (χ0n) is 28.2. The SMILES string of the molecule is N#Cc1ccc(NC(=O)C(O)(Cc2cccc(-c3cccc(C(=O)N4CCOCC4)c3)c2)C2CCN(C(=O)c3ccccc3)CC2)cc1C(F)(F)F. The summed E-state index contributed by atoms with van der Waals surface area (Å²) < 4.78 is 46.7. The fraction of sp³-hybridized carbons (Fsp3) is 0.300. The van der Waals surface area contributed by atoms with Gasteiger partial charge in [0, 0.05) is 55.3 Å². The Labute approximate surface area is 299 Å². The quantitative estimate of drug-likeness (QED) is 0.225. The number of ether oxygens (including phenoxy) is 1. The van der Waals surface area contributed by atoms with Crippen molar-refractivity contribution in [2.24, 2.45) is 5.92 Å². The van der Waals surface area contributed by atoms with Gasteiger partial charge in [-0.25, -0.2) is 0 Å². The molecule has 1 atom stereocenters. The summed E-state index contributed by atoms with van der Waals surface area (Å²) in [5.74, 6) is -1.85. The number of nitrogens with zero attached hydrogens (tertiary/aromatic N) is 3. The van der Waals surface area contributed by atoms with Crippen LogP contribution in [0.1, 0.15) is 50.2 Å². The van der Waals surface area contributed by atoms with Crippen molar-refractivity contribution in [1.29, 1.82) is 5.26 Å². The number of benzene rings is 4. The molecule has 0 saturated carbocycles. The molecule has 2 N–H and O–H groups in total. The third kappa shape index (κ3) is 8.01. The minimum atomic E-state index is -4.84. The maximum Gasteiger partial charge on any atom is 0.417 e. The van der Waals surface area contributed by atoms with Gasteiger partial charge in [-0.15, -0.1) is 0 Å². The van der Waals surface area contributed by atoms with Gasteiger partial charge in [-0.2, -0.15) is 18.4 Å². The van der Waals surface area contributed by atoms with Gasteiger partial charge in [0.2, 0.25) is 0 Å². The highest BCUT2D eigenvalue weighted by Crippen LogP contribution is 2.37. The van der Waals surface area contributed by atoms with Crippen molar-refractivity contribution in [2.75, 3.05) is 44.7 Å². The Morgan fingerprint density at radius 1 is 0.788 bits per heavy atom. The first-order valence-corrected chi connectivity index (χ1v) is 17.0. The summed E-state index contributed by atoms with van der Waals surface area (Å²) in [6.45, 7) is 2.46. The Morgan fingerprint density at radius 2 is 1.40 bits per heavy atom. The lowest BCUT2D eigenvalue weighted by molar-refractivity contribution is -0.142. The number of anilines is 1. The van der Waals surface area contributed by atoms with Crippen molar-refractivity contribution in [3.63, 3.8) is 0 Å². The largest absolute Gasteiger partial charge is 0.417 e. The first-order chi connectivity index (χ1) is 25.0. The van der Waals surface area contributed by atoms with E-state index in [1.165, 1.54) is 12.1 Å². The van der Waals surface area contributed by atoms with E-state index in [4.69, 9.17) is 4.74 Å². The number of nitriles is 1. The van der Waals surface area contributed by atoms with Crippen LogP contribution in [0.15, 0.2) is 97.1 Å². The number of likely N-dealkylation sites (tertiary alicyclic amines) is 1. The second-order valence-corrected chi connectivity index (χ2v) is 13.0. The van der Waals surface area contributed by atoms with E-state index in [1.54, 1.807) is 64.4 Å². The number of aliphatic hydroxyl groups is 1. The van der Waals surface area contributed by atoms with Crippen molar-refractivity contribution < 1.29 is 37.4 Å². The number of hydrogen-bond donors (Lipinski definition) is 2. The summed E-state index contributed by atoms with van der Waals surface area (Å²) >= 11 is 0. The van der Waals surface area contributed by atoms with E-state index in [1.807, 2.05) is 24.3 Å². The molecule has 1 unspecified atom stereocenters. The van der Waals surface area contributed by atoms with Crippen molar-refractivity contribution in [3.05, 3.63) is 125 Å². The molecule has 0 bridgehead atoms. The highest BCUT2D eigenvalue weighted by Gasteiger charge is 2.46. The minimum Gasteiger partial charge on any atom is -0.379 e.